The number of anilines is 2. The Balaban J connectivity index is 1.97. The fraction of sp³-hybridized carbons (Fsp3) is 0.333. The first kappa shape index (κ1) is 15.2. The molecule has 3 heterocycles. The van der Waals surface area contributed by atoms with Gasteiger partial charge in [0.25, 0.3) is 0 Å². The molecule has 1 saturated heterocycles. The summed E-state index contributed by atoms with van der Waals surface area (Å²) in [5.74, 6) is -1.01. The van der Waals surface area contributed by atoms with E-state index in [2.05, 4.69) is 15.1 Å². The minimum atomic E-state index is -3.67. The van der Waals surface area contributed by atoms with Gasteiger partial charge < -0.3 is 15.7 Å². The SMILES string of the molecule is Nc1c(N2CCS(=O)(=O)C(C(=O)O)C2)ncnc1-n1cccn1. The molecule has 122 valence electrons. The molecule has 3 N–H and O–H groups in total. The predicted molar refractivity (Wildman–Crippen MR) is 81.0 cm³/mol. The molecule has 0 radical (unpaired) electrons. The standard InChI is InChI=1S/C12H14N6O4S/c13-9-10(14-7-15-11(9)18-3-1-2-16-18)17-4-5-23(21,22)8(6-17)12(19)20/h1-3,7-8H,4-6,13H2,(H,19,20). The van der Waals surface area contributed by atoms with E-state index >= 15 is 0 Å². The van der Waals surface area contributed by atoms with E-state index in [0.29, 0.717) is 11.6 Å². The van der Waals surface area contributed by atoms with E-state index in [0.717, 1.165) is 0 Å². The lowest BCUT2D eigenvalue weighted by molar-refractivity contribution is -0.136. The molecule has 11 heteroatoms. The monoisotopic (exact) mass is 338 g/mol. The maximum atomic E-state index is 11.9. The molecule has 1 aliphatic heterocycles. The Hall–Kier alpha value is -2.69. The number of sulfone groups is 1. The molecule has 23 heavy (non-hydrogen) atoms. The van der Waals surface area contributed by atoms with E-state index in [9.17, 15) is 13.2 Å². The second kappa shape index (κ2) is 5.50. The molecule has 1 aliphatic rings. The summed E-state index contributed by atoms with van der Waals surface area (Å²) >= 11 is 0. The first-order chi connectivity index (χ1) is 10.9. The van der Waals surface area contributed by atoms with Gasteiger partial charge in [0.1, 0.15) is 12.0 Å². The number of aromatic nitrogens is 4. The molecule has 1 fully saturated rings. The van der Waals surface area contributed by atoms with Crippen molar-refractivity contribution in [1.29, 1.82) is 0 Å². The smallest absolute Gasteiger partial charge is 0.323 e. The highest BCUT2D eigenvalue weighted by atomic mass is 32.2. The van der Waals surface area contributed by atoms with Crippen LogP contribution < -0.4 is 10.6 Å². The Morgan fingerprint density at radius 2 is 2.09 bits per heavy atom. The Bertz CT molecular complexity index is 835. The van der Waals surface area contributed by atoms with Gasteiger partial charge in [-0.1, -0.05) is 0 Å². The van der Waals surface area contributed by atoms with Crippen molar-refractivity contribution in [2.24, 2.45) is 0 Å². The highest BCUT2D eigenvalue weighted by Crippen LogP contribution is 2.27. The van der Waals surface area contributed by atoms with Gasteiger partial charge in [0.05, 0.1) is 5.75 Å². The van der Waals surface area contributed by atoms with Crippen molar-refractivity contribution >= 4 is 27.3 Å². The van der Waals surface area contributed by atoms with Gasteiger partial charge in [-0.25, -0.2) is 23.1 Å². The molecule has 0 spiro atoms. The summed E-state index contributed by atoms with van der Waals surface area (Å²) in [6.45, 7) is -0.0939. The lowest BCUT2D eigenvalue weighted by Gasteiger charge is -2.32. The molecule has 0 aromatic carbocycles. The highest BCUT2D eigenvalue weighted by molar-refractivity contribution is 7.92. The number of carboxylic acids is 1. The van der Waals surface area contributed by atoms with Crippen LogP contribution in [0.25, 0.3) is 5.82 Å². The van der Waals surface area contributed by atoms with E-state index in [1.165, 1.54) is 11.0 Å². The van der Waals surface area contributed by atoms with Gasteiger partial charge >= 0.3 is 5.97 Å². The Kier molecular flexibility index (Phi) is 3.64. The number of hydrogen-bond acceptors (Lipinski definition) is 8. The minimum absolute atomic E-state index is 0.117. The van der Waals surface area contributed by atoms with Crippen LogP contribution >= 0.6 is 0 Å². The molecule has 10 nitrogen and oxygen atoms in total. The van der Waals surface area contributed by atoms with E-state index in [4.69, 9.17) is 10.8 Å². The van der Waals surface area contributed by atoms with Crippen molar-refractivity contribution in [2.75, 3.05) is 29.5 Å². The van der Waals surface area contributed by atoms with Gasteiger partial charge in [-0.05, 0) is 6.07 Å². The van der Waals surface area contributed by atoms with Crippen molar-refractivity contribution in [3.8, 4) is 5.82 Å². The fourth-order valence-electron chi connectivity index (χ4n) is 2.41. The van der Waals surface area contributed by atoms with E-state index in [1.807, 2.05) is 0 Å². The molecule has 0 aliphatic carbocycles. The molecular weight excluding hydrogens is 324 g/mol. The second-order valence-electron chi connectivity index (χ2n) is 5.03. The Morgan fingerprint density at radius 3 is 2.74 bits per heavy atom. The Labute approximate surface area is 131 Å². The zero-order chi connectivity index (χ0) is 16.6. The number of nitrogens with zero attached hydrogens (tertiary/aromatic N) is 5. The summed E-state index contributed by atoms with van der Waals surface area (Å²) in [5.41, 5.74) is 6.28. The normalized spacial score (nSPS) is 20.3. The van der Waals surface area contributed by atoms with Crippen molar-refractivity contribution in [2.45, 2.75) is 5.25 Å². The third-order valence-electron chi connectivity index (χ3n) is 3.60. The minimum Gasteiger partial charge on any atom is -0.480 e. The zero-order valence-corrected chi connectivity index (χ0v) is 12.7. The molecule has 2 aromatic rings. The largest absolute Gasteiger partial charge is 0.480 e. The van der Waals surface area contributed by atoms with Crippen LogP contribution in [-0.2, 0) is 14.6 Å². The van der Waals surface area contributed by atoms with Gasteiger partial charge in [-0.15, -0.1) is 0 Å². The maximum Gasteiger partial charge on any atom is 0.323 e. The van der Waals surface area contributed by atoms with Crippen LogP contribution in [0.5, 0.6) is 0 Å². The predicted octanol–water partition coefficient (Wildman–Crippen LogP) is -1.07. The van der Waals surface area contributed by atoms with Crippen LogP contribution in [0.4, 0.5) is 11.5 Å². The quantitative estimate of drug-likeness (QED) is 0.714. The van der Waals surface area contributed by atoms with E-state index < -0.39 is 21.1 Å². The Morgan fingerprint density at radius 1 is 1.35 bits per heavy atom. The number of nitrogen functional groups attached to an aromatic ring is 1. The zero-order valence-electron chi connectivity index (χ0n) is 11.9. The summed E-state index contributed by atoms with van der Waals surface area (Å²) in [7, 11) is -3.67. The third kappa shape index (κ3) is 2.70. The molecule has 1 unspecified atom stereocenters. The van der Waals surface area contributed by atoms with Crippen molar-refractivity contribution in [3.63, 3.8) is 0 Å². The first-order valence-electron chi connectivity index (χ1n) is 6.70. The molecule has 0 saturated carbocycles. The van der Waals surface area contributed by atoms with Gasteiger partial charge in [0, 0.05) is 25.5 Å². The fourth-order valence-corrected chi connectivity index (χ4v) is 3.89. The maximum absolute atomic E-state index is 11.9. The van der Waals surface area contributed by atoms with Crippen LogP contribution in [0.1, 0.15) is 0 Å². The van der Waals surface area contributed by atoms with Crippen molar-refractivity contribution < 1.29 is 18.3 Å². The van der Waals surface area contributed by atoms with E-state index in [-0.39, 0.29) is 24.5 Å². The van der Waals surface area contributed by atoms with Gasteiger partial charge in [0.15, 0.2) is 26.7 Å². The average molecular weight is 338 g/mol. The average Bonchev–Trinajstić information content (AvgIpc) is 3.01. The number of aliphatic carboxylic acids is 1. The summed E-state index contributed by atoms with van der Waals surface area (Å²) in [6, 6.07) is 1.70. The molecular formula is C12H14N6O4S. The lowest BCUT2D eigenvalue weighted by atomic mass is 10.3. The van der Waals surface area contributed by atoms with Crippen molar-refractivity contribution in [3.05, 3.63) is 24.8 Å². The van der Waals surface area contributed by atoms with Gasteiger partial charge in [-0.2, -0.15) is 5.10 Å². The third-order valence-corrected chi connectivity index (χ3v) is 5.57. The van der Waals surface area contributed by atoms with Gasteiger partial charge in [0.2, 0.25) is 0 Å². The summed E-state index contributed by atoms with van der Waals surface area (Å²) in [5, 5.41) is 11.7. The molecule has 3 rings (SSSR count). The number of carboxylic acid groups (broad SMARTS) is 1. The molecule has 1 atom stereocenters. The van der Waals surface area contributed by atoms with Crippen LogP contribution in [-0.4, -0.2) is 63.3 Å². The number of rotatable bonds is 3. The van der Waals surface area contributed by atoms with Crippen molar-refractivity contribution in [1.82, 2.24) is 19.7 Å². The lowest BCUT2D eigenvalue weighted by Crippen LogP contribution is -2.51. The van der Waals surface area contributed by atoms with Crippen LogP contribution in [0.3, 0.4) is 0 Å². The van der Waals surface area contributed by atoms with Crippen LogP contribution in [0.15, 0.2) is 24.8 Å². The summed E-state index contributed by atoms with van der Waals surface area (Å²) < 4.78 is 25.2. The van der Waals surface area contributed by atoms with E-state index in [1.54, 1.807) is 23.4 Å². The number of nitrogens with two attached hydrogens (primary N) is 1. The summed E-state index contributed by atoms with van der Waals surface area (Å²) in [6.07, 6.45) is 4.50. The summed E-state index contributed by atoms with van der Waals surface area (Å²) in [4.78, 5) is 20.9. The van der Waals surface area contributed by atoms with Crippen LogP contribution in [0.2, 0.25) is 0 Å². The topological polar surface area (TPSA) is 144 Å². The van der Waals surface area contributed by atoms with Crippen LogP contribution in [0, 0.1) is 0 Å². The molecule has 0 bridgehead atoms. The highest BCUT2D eigenvalue weighted by Gasteiger charge is 2.39. The first-order valence-corrected chi connectivity index (χ1v) is 8.41. The molecule has 0 amide bonds. The second-order valence-corrected chi connectivity index (χ2v) is 7.33. The van der Waals surface area contributed by atoms with Gasteiger partial charge in [-0.3, -0.25) is 4.79 Å². The molecule has 2 aromatic heterocycles. The number of hydrogen-bond donors (Lipinski definition) is 2. The number of carbonyl (C=O) groups is 1.